The van der Waals surface area contributed by atoms with E-state index in [2.05, 4.69) is 25.9 Å². The Hall–Kier alpha value is -1.60. The third-order valence-electron chi connectivity index (χ3n) is 2.76. The summed E-state index contributed by atoms with van der Waals surface area (Å²) in [6.07, 6.45) is 1.10. The van der Waals surface area contributed by atoms with E-state index in [1.807, 2.05) is 24.3 Å². The number of hydrogen-bond donors (Lipinski definition) is 1. The molecule has 1 atom stereocenters. The van der Waals surface area contributed by atoms with Crippen molar-refractivity contribution in [3.05, 3.63) is 46.5 Å². The zero-order valence-electron chi connectivity index (χ0n) is 10.1. The van der Waals surface area contributed by atoms with E-state index in [1.54, 1.807) is 11.8 Å². The number of rotatable bonds is 2. The summed E-state index contributed by atoms with van der Waals surface area (Å²) >= 11 is 4.77. The van der Waals surface area contributed by atoms with Crippen LogP contribution in [-0.4, -0.2) is 26.8 Å². The highest BCUT2D eigenvalue weighted by Gasteiger charge is 2.25. The summed E-state index contributed by atoms with van der Waals surface area (Å²) in [7, 11) is 0. The summed E-state index contributed by atoms with van der Waals surface area (Å²) in [4.78, 5) is 20.4. The Morgan fingerprint density at radius 1 is 1.45 bits per heavy atom. The lowest BCUT2D eigenvalue weighted by Gasteiger charge is -2.24. The molecule has 3 rings (SSSR count). The number of thioether (sulfide) groups is 1. The number of ether oxygens (including phenoxy) is 1. The number of halogens is 1. The summed E-state index contributed by atoms with van der Waals surface area (Å²) in [5.74, 6) is 0.715. The lowest BCUT2D eigenvalue weighted by Crippen LogP contribution is -2.19. The van der Waals surface area contributed by atoms with Crippen LogP contribution in [0.5, 0.6) is 5.75 Å². The summed E-state index contributed by atoms with van der Waals surface area (Å²) in [6.45, 7) is 0. The molecule has 0 radical (unpaired) electrons. The van der Waals surface area contributed by atoms with E-state index in [-0.39, 0.29) is 11.8 Å². The molecule has 0 saturated carbocycles. The van der Waals surface area contributed by atoms with Gasteiger partial charge in [-0.15, -0.1) is 11.8 Å². The van der Waals surface area contributed by atoms with Crippen molar-refractivity contribution in [3.63, 3.8) is 0 Å². The largest absolute Gasteiger partial charge is 0.480 e. The van der Waals surface area contributed by atoms with Crippen molar-refractivity contribution in [2.24, 2.45) is 0 Å². The van der Waals surface area contributed by atoms with Crippen molar-refractivity contribution < 1.29 is 14.6 Å². The first-order valence-electron chi connectivity index (χ1n) is 5.79. The van der Waals surface area contributed by atoms with Crippen LogP contribution in [0.3, 0.4) is 0 Å². The van der Waals surface area contributed by atoms with E-state index in [0.29, 0.717) is 16.0 Å². The minimum absolute atomic E-state index is 0.0533. The summed E-state index contributed by atoms with van der Waals surface area (Å²) < 4.78 is 6.20. The fourth-order valence-electron chi connectivity index (χ4n) is 1.83. The molecule has 0 bridgehead atoms. The van der Waals surface area contributed by atoms with Gasteiger partial charge in [0.1, 0.15) is 5.75 Å². The van der Waals surface area contributed by atoms with Crippen molar-refractivity contribution in [2.75, 3.05) is 5.75 Å². The van der Waals surface area contributed by atoms with E-state index in [9.17, 15) is 4.79 Å². The van der Waals surface area contributed by atoms with Gasteiger partial charge in [0.25, 0.3) is 0 Å². The summed E-state index contributed by atoms with van der Waals surface area (Å²) in [5, 5.41) is 9.08. The predicted molar refractivity (Wildman–Crippen MR) is 77.2 cm³/mol. The molecule has 1 aliphatic heterocycles. The molecule has 2 aromatic rings. The fraction of sp³-hybridized carbons (Fsp3) is 0.154. The van der Waals surface area contributed by atoms with Crippen LogP contribution in [0.15, 0.2) is 39.8 Å². The van der Waals surface area contributed by atoms with Gasteiger partial charge in [-0.1, -0.05) is 12.1 Å². The quantitative estimate of drug-likeness (QED) is 0.894. The second kappa shape index (κ2) is 5.41. The maximum absolute atomic E-state index is 11.1. The van der Waals surface area contributed by atoms with Crippen molar-refractivity contribution >= 4 is 33.7 Å². The number of benzene rings is 1. The van der Waals surface area contributed by atoms with E-state index in [4.69, 9.17) is 9.84 Å². The van der Waals surface area contributed by atoms with Gasteiger partial charge < -0.3 is 9.84 Å². The highest BCUT2D eigenvalue weighted by atomic mass is 79.9. The van der Waals surface area contributed by atoms with Gasteiger partial charge in [-0.2, -0.15) is 0 Å². The number of aromatic carboxylic acids is 1. The third-order valence-corrected chi connectivity index (χ3v) is 4.46. The summed E-state index contributed by atoms with van der Waals surface area (Å²) in [5.41, 5.74) is -0.0533. The molecule has 0 fully saturated rings. The number of nitrogens with zero attached hydrogens (tertiary/aromatic N) is 2. The molecular formula is C13H9BrN2O3S. The monoisotopic (exact) mass is 352 g/mol. The summed E-state index contributed by atoms with van der Waals surface area (Å²) in [6, 6.07) is 7.72. The van der Waals surface area contributed by atoms with Gasteiger partial charge in [0, 0.05) is 16.8 Å². The van der Waals surface area contributed by atoms with Crippen LogP contribution in [-0.2, 0) is 0 Å². The van der Waals surface area contributed by atoms with E-state index in [0.717, 1.165) is 10.6 Å². The Balaban J connectivity index is 1.92. The van der Waals surface area contributed by atoms with Crippen molar-refractivity contribution in [2.45, 2.75) is 11.0 Å². The fourth-order valence-corrected chi connectivity index (χ4v) is 3.17. The van der Waals surface area contributed by atoms with Gasteiger partial charge in [-0.05, 0) is 28.1 Å². The lowest BCUT2D eigenvalue weighted by molar-refractivity contribution is 0.0688. The molecule has 102 valence electrons. The van der Waals surface area contributed by atoms with E-state index in [1.165, 1.54) is 6.20 Å². The maximum Gasteiger partial charge on any atom is 0.355 e. The van der Waals surface area contributed by atoms with Crippen LogP contribution < -0.4 is 4.74 Å². The topological polar surface area (TPSA) is 72.3 Å². The highest BCUT2D eigenvalue weighted by Crippen LogP contribution is 2.39. The Kier molecular flexibility index (Phi) is 3.62. The minimum Gasteiger partial charge on any atom is -0.480 e. The second-order valence-corrected chi connectivity index (χ2v) is 6.01. The van der Waals surface area contributed by atoms with Crippen molar-refractivity contribution in [1.82, 2.24) is 9.97 Å². The van der Waals surface area contributed by atoms with Gasteiger partial charge in [-0.3, -0.25) is 0 Å². The number of carboxylic acids is 1. The Bertz CT molecular complexity index is 680. The molecule has 0 spiro atoms. The molecule has 1 unspecified atom stereocenters. The number of aromatic nitrogens is 2. The lowest BCUT2D eigenvalue weighted by atomic mass is 10.3. The molecule has 20 heavy (non-hydrogen) atoms. The number of fused-ring (bicyclic) bond motifs is 1. The molecule has 7 heteroatoms. The molecular weight excluding hydrogens is 344 g/mol. The molecule has 1 aliphatic rings. The van der Waals surface area contributed by atoms with Crippen LogP contribution in [0.2, 0.25) is 0 Å². The SMILES string of the molecule is O=C(O)c1nc(C2CSc3ccccc3O2)ncc1Br. The molecule has 2 heterocycles. The molecule has 5 nitrogen and oxygen atoms in total. The van der Waals surface area contributed by atoms with Gasteiger partial charge in [0.15, 0.2) is 17.6 Å². The average molecular weight is 353 g/mol. The van der Waals surface area contributed by atoms with Crippen LogP contribution in [0, 0.1) is 0 Å². The molecule has 0 saturated heterocycles. The van der Waals surface area contributed by atoms with Gasteiger partial charge in [0.2, 0.25) is 0 Å². The van der Waals surface area contributed by atoms with Crippen molar-refractivity contribution in [3.8, 4) is 5.75 Å². The van der Waals surface area contributed by atoms with Crippen LogP contribution >= 0.6 is 27.7 Å². The van der Waals surface area contributed by atoms with Gasteiger partial charge in [-0.25, -0.2) is 14.8 Å². The van der Waals surface area contributed by atoms with Crippen LogP contribution in [0.1, 0.15) is 22.4 Å². The smallest absolute Gasteiger partial charge is 0.355 e. The Morgan fingerprint density at radius 3 is 3.05 bits per heavy atom. The van der Waals surface area contributed by atoms with E-state index >= 15 is 0 Å². The molecule has 0 aliphatic carbocycles. The first-order chi connectivity index (χ1) is 9.65. The number of carbonyl (C=O) groups is 1. The zero-order chi connectivity index (χ0) is 14.1. The van der Waals surface area contributed by atoms with Gasteiger partial charge >= 0.3 is 5.97 Å². The van der Waals surface area contributed by atoms with Crippen LogP contribution in [0.4, 0.5) is 0 Å². The highest BCUT2D eigenvalue weighted by molar-refractivity contribution is 9.10. The van der Waals surface area contributed by atoms with E-state index < -0.39 is 5.97 Å². The number of carboxylic acid groups (broad SMARTS) is 1. The third kappa shape index (κ3) is 2.51. The molecule has 1 N–H and O–H groups in total. The first kappa shape index (κ1) is 13.4. The standard InChI is InChI=1S/C13H9BrN2O3S/c14-7-5-15-12(16-11(7)13(17)18)9-6-20-10-4-2-1-3-8(10)19-9/h1-5,9H,6H2,(H,17,18). The van der Waals surface area contributed by atoms with Crippen LogP contribution in [0.25, 0.3) is 0 Å². The number of para-hydroxylation sites is 1. The molecule has 1 aromatic heterocycles. The average Bonchev–Trinajstić information content (AvgIpc) is 2.47. The molecule has 1 aromatic carbocycles. The first-order valence-corrected chi connectivity index (χ1v) is 7.57. The van der Waals surface area contributed by atoms with Crippen molar-refractivity contribution in [1.29, 1.82) is 0 Å². The predicted octanol–water partition coefficient (Wildman–Crippen LogP) is 3.16. The zero-order valence-corrected chi connectivity index (χ0v) is 12.5. The second-order valence-electron chi connectivity index (χ2n) is 4.09. The maximum atomic E-state index is 11.1. The Labute approximate surface area is 127 Å². The minimum atomic E-state index is -1.09. The van der Waals surface area contributed by atoms with Gasteiger partial charge in [0.05, 0.1) is 4.47 Å². The molecule has 0 amide bonds. The number of hydrogen-bond acceptors (Lipinski definition) is 5. The normalized spacial score (nSPS) is 17.1. The Morgan fingerprint density at radius 2 is 2.25 bits per heavy atom.